The van der Waals surface area contributed by atoms with Gasteiger partial charge in [-0.25, -0.2) is 4.98 Å². The summed E-state index contributed by atoms with van der Waals surface area (Å²) in [5.74, 6) is 1.03. The zero-order chi connectivity index (χ0) is 15.1. The third-order valence-corrected chi connectivity index (χ3v) is 2.55. The highest BCUT2D eigenvalue weighted by Gasteiger charge is 2.17. The van der Waals surface area contributed by atoms with Gasteiger partial charge < -0.3 is 15.2 Å². The highest BCUT2D eigenvalue weighted by Crippen LogP contribution is 2.21. The third-order valence-electron chi connectivity index (χ3n) is 2.55. The van der Waals surface area contributed by atoms with E-state index in [4.69, 9.17) is 0 Å². The predicted molar refractivity (Wildman–Crippen MR) is 74.0 cm³/mol. The Morgan fingerprint density at radius 2 is 2.19 bits per heavy atom. The quantitative estimate of drug-likeness (QED) is 0.544. The molecular weight excluding hydrogens is 278 g/mol. The van der Waals surface area contributed by atoms with Gasteiger partial charge in [-0.1, -0.05) is 12.1 Å². The molecule has 0 aromatic carbocycles. The molecule has 0 aliphatic rings. The molecule has 2 aromatic rings. The second-order valence-corrected chi connectivity index (χ2v) is 4.14. The van der Waals surface area contributed by atoms with E-state index < -0.39 is 4.92 Å². The minimum atomic E-state index is -0.527. The van der Waals surface area contributed by atoms with Crippen molar-refractivity contribution in [1.29, 1.82) is 0 Å². The first kappa shape index (κ1) is 14.6. The van der Waals surface area contributed by atoms with E-state index in [1.54, 1.807) is 0 Å². The first-order valence-corrected chi connectivity index (χ1v) is 6.45. The lowest BCUT2D eigenvalue weighted by atomic mass is 10.4. The maximum atomic E-state index is 11.0. The van der Waals surface area contributed by atoms with Crippen LogP contribution < -0.4 is 10.6 Å². The number of anilines is 2. The molecule has 0 amide bonds. The van der Waals surface area contributed by atoms with E-state index in [0.29, 0.717) is 31.3 Å². The second-order valence-electron chi connectivity index (χ2n) is 4.14. The lowest BCUT2D eigenvalue weighted by Gasteiger charge is -2.07. The summed E-state index contributed by atoms with van der Waals surface area (Å²) in [5, 5.41) is 20.5. The highest BCUT2D eigenvalue weighted by atomic mass is 16.6. The summed E-state index contributed by atoms with van der Waals surface area (Å²) in [7, 11) is 0. The molecule has 0 radical (unpaired) electrons. The molecule has 112 valence electrons. The van der Waals surface area contributed by atoms with Crippen LogP contribution in [0.25, 0.3) is 0 Å². The fraction of sp³-hybridized carbons (Fsp3) is 0.455. The topological polar surface area (TPSA) is 132 Å². The summed E-state index contributed by atoms with van der Waals surface area (Å²) in [5.41, 5.74) is -0.176. The normalized spacial score (nSPS) is 10.3. The number of nitro groups is 1. The number of aromatic nitrogens is 4. The van der Waals surface area contributed by atoms with Gasteiger partial charge in [0.2, 0.25) is 18.2 Å². The van der Waals surface area contributed by atoms with E-state index in [1.165, 1.54) is 12.6 Å². The van der Waals surface area contributed by atoms with Crippen LogP contribution in [0.3, 0.4) is 0 Å². The molecular formula is C11H15N7O3. The fourth-order valence-electron chi connectivity index (χ4n) is 1.56. The molecule has 0 unspecified atom stereocenters. The Morgan fingerprint density at radius 3 is 2.86 bits per heavy atom. The maximum absolute atomic E-state index is 11.0. The van der Waals surface area contributed by atoms with Gasteiger partial charge in [0.05, 0.1) is 4.92 Å². The Labute approximate surface area is 120 Å². The zero-order valence-electron chi connectivity index (χ0n) is 11.4. The number of hydrogen-bond donors (Lipinski definition) is 2. The van der Waals surface area contributed by atoms with Gasteiger partial charge in [0.25, 0.3) is 0 Å². The van der Waals surface area contributed by atoms with Crippen LogP contribution in [-0.4, -0.2) is 38.1 Å². The monoisotopic (exact) mass is 293 g/mol. The van der Waals surface area contributed by atoms with Crippen LogP contribution in [0.4, 0.5) is 17.5 Å². The third kappa shape index (κ3) is 4.09. The van der Waals surface area contributed by atoms with Gasteiger partial charge >= 0.3 is 5.69 Å². The molecule has 0 aliphatic carbocycles. The second kappa shape index (κ2) is 7.12. The summed E-state index contributed by atoms with van der Waals surface area (Å²) in [6.45, 7) is 3.09. The van der Waals surface area contributed by atoms with Crippen LogP contribution in [0.2, 0.25) is 0 Å². The number of rotatable bonds is 8. The van der Waals surface area contributed by atoms with Crippen LogP contribution in [-0.2, 0) is 6.42 Å². The minimum Gasteiger partial charge on any atom is -0.364 e. The lowest BCUT2D eigenvalue weighted by molar-refractivity contribution is -0.384. The predicted octanol–water partition coefficient (Wildman–Crippen LogP) is 1.24. The molecule has 2 N–H and O–H groups in total. The molecule has 0 fully saturated rings. The molecule has 0 aliphatic heterocycles. The Kier molecular flexibility index (Phi) is 4.96. The number of nitrogens with one attached hydrogen (secondary N) is 2. The summed E-state index contributed by atoms with van der Waals surface area (Å²) < 4.78 is 4.61. The summed E-state index contributed by atoms with van der Waals surface area (Å²) in [4.78, 5) is 22.3. The summed E-state index contributed by atoms with van der Waals surface area (Å²) >= 11 is 0. The molecule has 0 saturated heterocycles. The van der Waals surface area contributed by atoms with Gasteiger partial charge in [0.15, 0.2) is 5.82 Å². The molecule has 10 nitrogen and oxygen atoms in total. The average molecular weight is 293 g/mol. The summed E-state index contributed by atoms with van der Waals surface area (Å²) in [6, 6.07) is 0. The molecule has 0 bridgehead atoms. The molecule has 2 rings (SSSR count). The number of nitrogens with zero attached hydrogens (tertiary/aromatic N) is 5. The van der Waals surface area contributed by atoms with Crippen molar-refractivity contribution in [2.24, 2.45) is 0 Å². The molecule has 21 heavy (non-hydrogen) atoms. The van der Waals surface area contributed by atoms with Crippen molar-refractivity contribution in [1.82, 2.24) is 20.1 Å². The zero-order valence-corrected chi connectivity index (χ0v) is 11.4. The number of hydrogen-bond acceptors (Lipinski definition) is 9. The molecule has 0 spiro atoms. The minimum absolute atomic E-state index is 0.164. The van der Waals surface area contributed by atoms with Gasteiger partial charge in [-0.15, -0.1) is 0 Å². The fourth-order valence-corrected chi connectivity index (χ4v) is 1.56. The van der Waals surface area contributed by atoms with Crippen LogP contribution in [0.5, 0.6) is 0 Å². The van der Waals surface area contributed by atoms with Gasteiger partial charge in [0.1, 0.15) is 6.20 Å². The van der Waals surface area contributed by atoms with Crippen LogP contribution in [0.1, 0.15) is 19.2 Å². The first-order valence-electron chi connectivity index (χ1n) is 6.45. The lowest BCUT2D eigenvalue weighted by Crippen LogP contribution is -2.12. The average Bonchev–Trinajstić information content (AvgIpc) is 2.98. The van der Waals surface area contributed by atoms with Crippen molar-refractivity contribution >= 4 is 17.5 Å². The van der Waals surface area contributed by atoms with Crippen molar-refractivity contribution in [3.8, 4) is 0 Å². The largest absolute Gasteiger partial charge is 0.364 e. The molecule has 2 aromatic heterocycles. The Balaban J connectivity index is 2.04. The van der Waals surface area contributed by atoms with Crippen molar-refractivity contribution in [2.75, 3.05) is 23.7 Å². The van der Waals surface area contributed by atoms with E-state index in [-0.39, 0.29) is 11.5 Å². The van der Waals surface area contributed by atoms with Gasteiger partial charge in [0, 0.05) is 19.5 Å². The molecule has 2 heterocycles. The van der Waals surface area contributed by atoms with Crippen LogP contribution in [0.15, 0.2) is 17.1 Å². The standard InChI is InChI=1S/C11H15N7O3/c1-2-4-13-11-14-6-8(18(19)20)10(16-11)12-5-3-9-15-7-21-17-9/h6-7H,2-5H2,1H3,(H2,12,13,14,16). The highest BCUT2D eigenvalue weighted by molar-refractivity contribution is 5.56. The maximum Gasteiger partial charge on any atom is 0.329 e. The van der Waals surface area contributed by atoms with E-state index in [0.717, 1.165) is 6.42 Å². The molecule has 0 saturated carbocycles. The van der Waals surface area contributed by atoms with Crippen LogP contribution in [0, 0.1) is 10.1 Å². The Morgan fingerprint density at radius 1 is 1.33 bits per heavy atom. The van der Waals surface area contributed by atoms with Crippen molar-refractivity contribution < 1.29 is 9.45 Å². The van der Waals surface area contributed by atoms with Crippen molar-refractivity contribution in [3.05, 3.63) is 28.5 Å². The van der Waals surface area contributed by atoms with Crippen LogP contribution >= 0.6 is 0 Å². The smallest absolute Gasteiger partial charge is 0.329 e. The van der Waals surface area contributed by atoms with Crippen molar-refractivity contribution in [3.63, 3.8) is 0 Å². The van der Waals surface area contributed by atoms with Crippen molar-refractivity contribution in [2.45, 2.75) is 19.8 Å². The Hall–Kier alpha value is -2.78. The van der Waals surface area contributed by atoms with Gasteiger partial charge in [-0.3, -0.25) is 10.1 Å². The Bertz CT molecular complexity index is 588. The van der Waals surface area contributed by atoms with E-state index in [9.17, 15) is 10.1 Å². The van der Waals surface area contributed by atoms with E-state index in [2.05, 4.69) is 35.3 Å². The first-order chi connectivity index (χ1) is 10.2. The van der Waals surface area contributed by atoms with E-state index in [1.807, 2.05) is 6.92 Å². The SMILES string of the molecule is CCCNc1ncc([N+](=O)[O-])c(NCCc2ncon2)n1. The summed E-state index contributed by atoms with van der Waals surface area (Å²) in [6.07, 6.45) is 3.78. The molecule has 10 heteroatoms. The van der Waals surface area contributed by atoms with Gasteiger partial charge in [-0.2, -0.15) is 9.97 Å². The van der Waals surface area contributed by atoms with Gasteiger partial charge in [-0.05, 0) is 6.42 Å². The van der Waals surface area contributed by atoms with E-state index >= 15 is 0 Å². The molecule has 0 atom stereocenters.